The van der Waals surface area contributed by atoms with Gasteiger partial charge >= 0.3 is 0 Å². The van der Waals surface area contributed by atoms with Crippen molar-refractivity contribution in [2.45, 2.75) is 25.5 Å². The van der Waals surface area contributed by atoms with E-state index in [1.807, 2.05) is 6.07 Å². The Balaban J connectivity index is 1.63. The van der Waals surface area contributed by atoms with E-state index < -0.39 is 0 Å². The zero-order chi connectivity index (χ0) is 9.10. The van der Waals surface area contributed by atoms with Crippen molar-refractivity contribution in [3.63, 3.8) is 0 Å². The predicted octanol–water partition coefficient (Wildman–Crippen LogP) is 1.14. The molecule has 0 radical (unpaired) electrons. The van der Waals surface area contributed by atoms with Crippen LogP contribution in [-0.2, 0) is 6.54 Å². The molecule has 1 aromatic rings. The molecule has 1 aliphatic carbocycles. The summed E-state index contributed by atoms with van der Waals surface area (Å²) in [6, 6.07) is 1.93. The second-order valence-electron chi connectivity index (χ2n) is 3.67. The summed E-state index contributed by atoms with van der Waals surface area (Å²) in [6.45, 7) is 1.47. The smallest absolute Gasteiger partial charge is 0.0947 e. The fourth-order valence-corrected chi connectivity index (χ4v) is 1.41. The molecule has 1 atom stereocenters. The SMILES string of the molecule is OC(CNCc1ccoc1)C1CC1. The molecule has 3 heteroatoms. The minimum atomic E-state index is -0.160. The molecule has 72 valence electrons. The van der Waals surface area contributed by atoms with Gasteiger partial charge in [-0.1, -0.05) is 0 Å². The van der Waals surface area contributed by atoms with E-state index in [2.05, 4.69) is 5.32 Å². The van der Waals surface area contributed by atoms with E-state index in [9.17, 15) is 5.11 Å². The number of aliphatic hydroxyl groups is 1. The van der Waals surface area contributed by atoms with Gasteiger partial charge in [0.1, 0.15) is 0 Å². The number of furan rings is 1. The zero-order valence-electron chi connectivity index (χ0n) is 7.57. The Kier molecular flexibility index (Phi) is 2.66. The van der Waals surface area contributed by atoms with Gasteiger partial charge in [0, 0.05) is 18.7 Å². The lowest BCUT2D eigenvalue weighted by molar-refractivity contribution is 0.148. The van der Waals surface area contributed by atoms with Crippen LogP contribution in [0.1, 0.15) is 18.4 Å². The molecule has 0 bridgehead atoms. The van der Waals surface area contributed by atoms with Crippen molar-refractivity contribution in [1.82, 2.24) is 5.32 Å². The Morgan fingerprint density at radius 2 is 2.46 bits per heavy atom. The Morgan fingerprint density at radius 1 is 1.62 bits per heavy atom. The Bertz CT molecular complexity index is 241. The third-order valence-corrected chi connectivity index (χ3v) is 2.43. The van der Waals surface area contributed by atoms with Crippen molar-refractivity contribution < 1.29 is 9.52 Å². The largest absolute Gasteiger partial charge is 0.472 e. The predicted molar refractivity (Wildman–Crippen MR) is 49.1 cm³/mol. The zero-order valence-corrected chi connectivity index (χ0v) is 7.57. The summed E-state index contributed by atoms with van der Waals surface area (Å²) < 4.78 is 4.93. The van der Waals surface area contributed by atoms with Gasteiger partial charge in [0.2, 0.25) is 0 Å². The molecule has 1 aliphatic rings. The maximum Gasteiger partial charge on any atom is 0.0947 e. The van der Waals surface area contributed by atoms with Crippen LogP contribution in [0.25, 0.3) is 0 Å². The third kappa shape index (κ3) is 2.57. The van der Waals surface area contributed by atoms with Crippen LogP contribution in [0, 0.1) is 5.92 Å². The molecule has 0 aliphatic heterocycles. The maximum atomic E-state index is 9.53. The maximum absolute atomic E-state index is 9.53. The van der Waals surface area contributed by atoms with Crippen LogP contribution < -0.4 is 5.32 Å². The molecule has 1 fully saturated rings. The van der Waals surface area contributed by atoms with Crippen molar-refractivity contribution >= 4 is 0 Å². The molecular weight excluding hydrogens is 166 g/mol. The first-order valence-corrected chi connectivity index (χ1v) is 4.76. The van der Waals surface area contributed by atoms with Gasteiger partial charge in [-0.2, -0.15) is 0 Å². The first-order chi connectivity index (χ1) is 6.36. The van der Waals surface area contributed by atoms with Gasteiger partial charge in [0.05, 0.1) is 18.6 Å². The molecule has 0 saturated heterocycles. The van der Waals surface area contributed by atoms with Gasteiger partial charge in [-0.3, -0.25) is 0 Å². The van der Waals surface area contributed by atoms with E-state index in [-0.39, 0.29) is 6.10 Å². The molecule has 0 amide bonds. The topological polar surface area (TPSA) is 45.4 Å². The fraction of sp³-hybridized carbons (Fsp3) is 0.600. The normalized spacial score (nSPS) is 18.8. The Labute approximate surface area is 77.8 Å². The third-order valence-electron chi connectivity index (χ3n) is 2.43. The van der Waals surface area contributed by atoms with Crippen LogP contribution in [0.15, 0.2) is 23.0 Å². The van der Waals surface area contributed by atoms with E-state index in [1.54, 1.807) is 12.5 Å². The standard InChI is InChI=1S/C10H15NO2/c12-10(9-1-2-9)6-11-5-8-3-4-13-7-8/h3-4,7,9-12H,1-2,5-6H2. The number of rotatable bonds is 5. The molecule has 0 aromatic carbocycles. The second-order valence-corrected chi connectivity index (χ2v) is 3.67. The van der Waals surface area contributed by atoms with Gasteiger partial charge in [-0.15, -0.1) is 0 Å². The molecule has 1 aromatic heterocycles. The Morgan fingerprint density at radius 3 is 3.08 bits per heavy atom. The highest BCUT2D eigenvalue weighted by Crippen LogP contribution is 2.32. The van der Waals surface area contributed by atoms with Crippen molar-refractivity contribution in [2.75, 3.05) is 6.54 Å². The number of aliphatic hydroxyl groups excluding tert-OH is 1. The number of nitrogens with one attached hydrogen (secondary N) is 1. The van der Waals surface area contributed by atoms with Crippen molar-refractivity contribution in [2.24, 2.45) is 5.92 Å². The van der Waals surface area contributed by atoms with Gasteiger partial charge < -0.3 is 14.8 Å². The molecular formula is C10H15NO2. The summed E-state index contributed by atoms with van der Waals surface area (Å²) in [7, 11) is 0. The average Bonchev–Trinajstić information content (AvgIpc) is 2.86. The van der Waals surface area contributed by atoms with Crippen LogP contribution in [0.5, 0.6) is 0 Å². The van der Waals surface area contributed by atoms with E-state index in [0.29, 0.717) is 12.5 Å². The lowest BCUT2D eigenvalue weighted by Crippen LogP contribution is -2.27. The van der Waals surface area contributed by atoms with Crippen LogP contribution >= 0.6 is 0 Å². The van der Waals surface area contributed by atoms with E-state index in [1.165, 1.54) is 12.8 Å². The van der Waals surface area contributed by atoms with Crippen molar-refractivity contribution in [1.29, 1.82) is 0 Å². The van der Waals surface area contributed by atoms with Crippen molar-refractivity contribution in [3.05, 3.63) is 24.2 Å². The molecule has 1 saturated carbocycles. The van der Waals surface area contributed by atoms with Crippen LogP contribution in [0.3, 0.4) is 0 Å². The van der Waals surface area contributed by atoms with Gasteiger partial charge in [0.15, 0.2) is 0 Å². The minimum absolute atomic E-state index is 0.160. The summed E-state index contributed by atoms with van der Waals surface area (Å²) >= 11 is 0. The summed E-state index contributed by atoms with van der Waals surface area (Å²) in [5.74, 6) is 0.553. The Hall–Kier alpha value is -0.800. The first-order valence-electron chi connectivity index (χ1n) is 4.76. The highest BCUT2D eigenvalue weighted by Gasteiger charge is 2.28. The summed E-state index contributed by atoms with van der Waals surface area (Å²) in [4.78, 5) is 0. The molecule has 1 heterocycles. The average molecular weight is 181 g/mol. The summed E-state index contributed by atoms with van der Waals surface area (Å²) in [5.41, 5.74) is 1.13. The van der Waals surface area contributed by atoms with Crippen LogP contribution in [0.2, 0.25) is 0 Å². The highest BCUT2D eigenvalue weighted by atomic mass is 16.3. The fourth-order valence-electron chi connectivity index (χ4n) is 1.41. The lowest BCUT2D eigenvalue weighted by Gasteiger charge is -2.09. The molecule has 0 spiro atoms. The number of hydrogen-bond donors (Lipinski definition) is 2. The number of hydrogen-bond acceptors (Lipinski definition) is 3. The molecule has 2 N–H and O–H groups in total. The summed E-state index contributed by atoms with van der Waals surface area (Å²) in [5, 5.41) is 12.7. The molecule has 1 unspecified atom stereocenters. The highest BCUT2D eigenvalue weighted by molar-refractivity contribution is 5.04. The monoisotopic (exact) mass is 181 g/mol. The molecule has 2 rings (SSSR count). The second kappa shape index (κ2) is 3.94. The molecule has 13 heavy (non-hydrogen) atoms. The quantitative estimate of drug-likeness (QED) is 0.716. The van der Waals surface area contributed by atoms with Crippen LogP contribution in [-0.4, -0.2) is 17.8 Å². The minimum Gasteiger partial charge on any atom is -0.472 e. The summed E-state index contributed by atoms with van der Waals surface area (Å²) in [6.07, 6.45) is 5.60. The van der Waals surface area contributed by atoms with E-state index in [0.717, 1.165) is 12.1 Å². The molecule has 3 nitrogen and oxygen atoms in total. The first kappa shape index (κ1) is 8.78. The van der Waals surface area contributed by atoms with Gasteiger partial charge in [-0.05, 0) is 24.8 Å². The van der Waals surface area contributed by atoms with E-state index >= 15 is 0 Å². The van der Waals surface area contributed by atoms with Crippen molar-refractivity contribution in [3.8, 4) is 0 Å². The van der Waals surface area contributed by atoms with E-state index in [4.69, 9.17) is 4.42 Å². The van der Waals surface area contributed by atoms with Gasteiger partial charge in [0.25, 0.3) is 0 Å². The lowest BCUT2D eigenvalue weighted by atomic mass is 10.2. The van der Waals surface area contributed by atoms with Gasteiger partial charge in [-0.25, -0.2) is 0 Å². The van der Waals surface area contributed by atoms with Crippen LogP contribution in [0.4, 0.5) is 0 Å².